The smallest absolute Gasteiger partial charge is 0.470 e. The molecule has 0 radical (unpaired) electrons. The molecule has 1 rings (SSSR count). The number of hydrogen-bond donors (Lipinski definition) is 2. The number of carbonyl (C=O) groups is 1. The second kappa shape index (κ2) is 7.95. The van der Waals surface area contributed by atoms with Crippen LogP contribution in [-0.4, -0.2) is 29.5 Å². The lowest BCUT2D eigenvalue weighted by Gasteiger charge is -2.18. The number of esters is 1. The molecule has 1 aromatic rings. The van der Waals surface area contributed by atoms with Gasteiger partial charge in [0.05, 0.1) is 19.8 Å². The fourth-order valence-corrected chi connectivity index (χ4v) is 2.15. The summed E-state index contributed by atoms with van der Waals surface area (Å²) in [6.07, 6.45) is 0.192. The molecule has 0 fully saturated rings. The molecule has 1 aromatic carbocycles. The van der Waals surface area contributed by atoms with Gasteiger partial charge in [-0.1, -0.05) is 18.7 Å². The molecule has 1 atom stereocenters. The number of methoxy groups -OCH3 is 1. The van der Waals surface area contributed by atoms with Gasteiger partial charge in [0.2, 0.25) is 0 Å². The molecule has 0 aliphatic heterocycles. The van der Waals surface area contributed by atoms with Gasteiger partial charge in [-0.15, -0.1) is 0 Å². The van der Waals surface area contributed by atoms with Gasteiger partial charge >= 0.3 is 13.8 Å². The standard InChI is InChI=1S/C13H17O7P/c1-3-13(14)19-9-8-12(20-21(15,16)17)10-4-6-11(18-2)7-5-10/h3-7,12H,1,8-9H2,2H3,(H2,15,16,17). The van der Waals surface area contributed by atoms with Crippen LogP contribution in [0.25, 0.3) is 0 Å². The maximum Gasteiger partial charge on any atom is 0.470 e. The second-order valence-electron chi connectivity index (χ2n) is 4.02. The van der Waals surface area contributed by atoms with Gasteiger partial charge in [0.25, 0.3) is 0 Å². The Balaban J connectivity index is 2.77. The first-order valence-corrected chi connectivity index (χ1v) is 7.56. The van der Waals surface area contributed by atoms with Crippen LogP contribution in [0.15, 0.2) is 36.9 Å². The Kier molecular flexibility index (Phi) is 6.58. The molecule has 0 aromatic heterocycles. The first-order chi connectivity index (χ1) is 9.85. The number of ether oxygens (including phenoxy) is 2. The normalized spacial score (nSPS) is 12.5. The summed E-state index contributed by atoms with van der Waals surface area (Å²) in [6, 6.07) is 6.52. The highest BCUT2D eigenvalue weighted by molar-refractivity contribution is 7.46. The Hall–Kier alpha value is -1.66. The van der Waals surface area contributed by atoms with Crippen molar-refractivity contribution in [2.24, 2.45) is 0 Å². The van der Waals surface area contributed by atoms with E-state index in [2.05, 4.69) is 6.58 Å². The van der Waals surface area contributed by atoms with Crippen LogP contribution < -0.4 is 4.74 Å². The van der Waals surface area contributed by atoms with E-state index in [0.717, 1.165) is 6.08 Å². The summed E-state index contributed by atoms with van der Waals surface area (Å²) in [7, 11) is -3.16. The van der Waals surface area contributed by atoms with Crippen molar-refractivity contribution in [2.45, 2.75) is 12.5 Å². The van der Waals surface area contributed by atoms with Crippen molar-refractivity contribution >= 4 is 13.8 Å². The molecule has 0 heterocycles. The largest absolute Gasteiger partial charge is 0.497 e. The van der Waals surface area contributed by atoms with Crippen LogP contribution in [-0.2, 0) is 18.6 Å². The van der Waals surface area contributed by atoms with Crippen molar-refractivity contribution in [2.75, 3.05) is 13.7 Å². The topological polar surface area (TPSA) is 102 Å². The predicted octanol–water partition coefficient (Wildman–Crippen LogP) is 1.96. The predicted molar refractivity (Wildman–Crippen MR) is 74.6 cm³/mol. The molecule has 7 nitrogen and oxygen atoms in total. The molecule has 0 aliphatic rings. The van der Waals surface area contributed by atoms with Crippen molar-refractivity contribution in [3.8, 4) is 5.75 Å². The highest BCUT2D eigenvalue weighted by Crippen LogP contribution is 2.43. The molecular weight excluding hydrogens is 299 g/mol. The van der Waals surface area contributed by atoms with Gasteiger partial charge in [-0.25, -0.2) is 9.36 Å². The monoisotopic (exact) mass is 316 g/mol. The van der Waals surface area contributed by atoms with Crippen molar-refractivity contribution in [3.05, 3.63) is 42.5 Å². The highest BCUT2D eigenvalue weighted by atomic mass is 31.2. The molecule has 0 aliphatic carbocycles. The van der Waals surface area contributed by atoms with Gasteiger partial charge in [-0.2, -0.15) is 0 Å². The molecule has 0 saturated heterocycles. The molecule has 0 saturated carbocycles. The van der Waals surface area contributed by atoms with Crippen LogP contribution in [0, 0.1) is 0 Å². The maximum atomic E-state index is 11.0. The minimum atomic E-state index is -4.67. The first kappa shape index (κ1) is 17.4. The van der Waals surface area contributed by atoms with Crippen LogP contribution in [0.3, 0.4) is 0 Å². The third-order valence-electron chi connectivity index (χ3n) is 2.54. The van der Waals surface area contributed by atoms with Gasteiger partial charge in [0.15, 0.2) is 0 Å². The molecule has 0 amide bonds. The SMILES string of the molecule is C=CC(=O)OCCC(OP(=O)(O)O)c1ccc(OC)cc1. The number of carbonyl (C=O) groups excluding carboxylic acids is 1. The van der Waals surface area contributed by atoms with Crippen molar-refractivity contribution in [3.63, 3.8) is 0 Å². The lowest BCUT2D eigenvalue weighted by Crippen LogP contribution is -2.09. The van der Waals surface area contributed by atoms with E-state index in [0.29, 0.717) is 11.3 Å². The van der Waals surface area contributed by atoms with Crippen LogP contribution >= 0.6 is 7.82 Å². The third-order valence-corrected chi connectivity index (χ3v) is 3.07. The van der Waals surface area contributed by atoms with E-state index in [1.165, 1.54) is 7.11 Å². The van der Waals surface area contributed by atoms with Crippen LogP contribution in [0.5, 0.6) is 5.75 Å². The zero-order chi connectivity index (χ0) is 15.9. The number of phosphoric acid groups is 1. The number of phosphoric ester groups is 1. The Morgan fingerprint density at radius 1 is 1.38 bits per heavy atom. The second-order valence-corrected chi connectivity index (χ2v) is 5.21. The highest BCUT2D eigenvalue weighted by Gasteiger charge is 2.24. The first-order valence-electron chi connectivity index (χ1n) is 6.03. The van der Waals surface area contributed by atoms with Crippen LogP contribution in [0.2, 0.25) is 0 Å². The maximum absolute atomic E-state index is 11.0. The van der Waals surface area contributed by atoms with E-state index < -0.39 is 19.9 Å². The lowest BCUT2D eigenvalue weighted by molar-refractivity contribution is -0.138. The van der Waals surface area contributed by atoms with E-state index >= 15 is 0 Å². The van der Waals surface area contributed by atoms with Gasteiger partial charge in [-0.05, 0) is 17.7 Å². The van der Waals surface area contributed by atoms with Crippen LogP contribution in [0.1, 0.15) is 18.1 Å². The van der Waals surface area contributed by atoms with E-state index in [-0.39, 0.29) is 13.0 Å². The molecule has 21 heavy (non-hydrogen) atoms. The zero-order valence-corrected chi connectivity index (χ0v) is 12.4. The molecule has 0 spiro atoms. The van der Waals surface area contributed by atoms with Crippen LogP contribution in [0.4, 0.5) is 0 Å². The van der Waals surface area contributed by atoms with Gasteiger partial charge < -0.3 is 19.3 Å². The zero-order valence-electron chi connectivity index (χ0n) is 11.5. The molecule has 0 bridgehead atoms. The average molecular weight is 316 g/mol. The summed E-state index contributed by atoms with van der Waals surface area (Å²) in [6.45, 7) is 3.20. The number of rotatable bonds is 8. The van der Waals surface area contributed by atoms with Gasteiger partial charge in [0.1, 0.15) is 5.75 Å². The molecule has 8 heteroatoms. The summed E-state index contributed by atoms with van der Waals surface area (Å²) >= 11 is 0. The fraction of sp³-hybridized carbons (Fsp3) is 0.308. The summed E-state index contributed by atoms with van der Waals surface area (Å²) in [5.74, 6) is -0.00794. The molecule has 116 valence electrons. The lowest BCUT2D eigenvalue weighted by atomic mass is 10.1. The summed E-state index contributed by atoms with van der Waals surface area (Å²) in [5.41, 5.74) is 0.536. The summed E-state index contributed by atoms with van der Waals surface area (Å²) in [5, 5.41) is 0. The van der Waals surface area contributed by atoms with Crippen molar-refractivity contribution in [1.82, 2.24) is 0 Å². The van der Waals surface area contributed by atoms with Crippen molar-refractivity contribution in [1.29, 1.82) is 0 Å². The van der Waals surface area contributed by atoms with E-state index in [1.807, 2.05) is 0 Å². The molecule has 1 unspecified atom stereocenters. The Labute approximate surface area is 122 Å². The average Bonchev–Trinajstić information content (AvgIpc) is 2.44. The van der Waals surface area contributed by atoms with Gasteiger partial charge in [0, 0.05) is 12.5 Å². The van der Waals surface area contributed by atoms with Crippen molar-refractivity contribution < 1.29 is 33.1 Å². The molecule has 2 N–H and O–H groups in total. The van der Waals surface area contributed by atoms with E-state index in [4.69, 9.17) is 23.8 Å². The number of benzene rings is 1. The quantitative estimate of drug-likeness (QED) is 0.429. The summed E-state index contributed by atoms with van der Waals surface area (Å²) < 4.78 is 25.5. The molecular formula is C13H17O7P. The van der Waals surface area contributed by atoms with Gasteiger partial charge in [-0.3, -0.25) is 4.52 Å². The summed E-state index contributed by atoms with van der Waals surface area (Å²) in [4.78, 5) is 28.8. The number of hydrogen-bond acceptors (Lipinski definition) is 5. The third kappa shape index (κ3) is 6.55. The minimum Gasteiger partial charge on any atom is -0.497 e. The van der Waals surface area contributed by atoms with E-state index in [1.54, 1.807) is 24.3 Å². The fourth-order valence-electron chi connectivity index (χ4n) is 1.59. The minimum absolute atomic E-state index is 0.0540. The Morgan fingerprint density at radius 3 is 2.48 bits per heavy atom. The van der Waals surface area contributed by atoms with E-state index in [9.17, 15) is 9.36 Å². The Bertz CT molecular complexity index is 520. The Morgan fingerprint density at radius 2 is 2.00 bits per heavy atom.